The molecule has 0 saturated carbocycles. The predicted molar refractivity (Wildman–Crippen MR) is 88.0 cm³/mol. The van der Waals surface area contributed by atoms with Crippen molar-refractivity contribution in [3.63, 3.8) is 0 Å². The summed E-state index contributed by atoms with van der Waals surface area (Å²) in [7, 11) is 1.69. The Morgan fingerprint density at radius 3 is 2.52 bits per heavy atom. The molecule has 0 aliphatic heterocycles. The molecule has 0 unspecified atom stereocenters. The second kappa shape index (κ2) is 4.45. The van der Waals surface area contributed by atoms with Crippen molar-refractivity contribution in [2.75, 3.05) is 7.11 Å². The first kappa shape index (κ1) is 12.2. The zero-order valence-electron chi connectivity index (χ0n) is 12.1. The third-order valence-electron chi connectivity index (χ3n) is 4.14. The summed E-state index contributed by atoms with van der Waals surface area (Å²) < 4.78 is 5.36. The monoisotopic (exact) mass is 273 g/mol. The highest BCUT2D eigenvalue weighted by Gasteiger charge is 2.09. The number of ether oxygens (including phenoxy) is 1. The summed E-state index contributed by atoms with van der Waals surface area (Å²) >= 11 is 0. The molecule has 0 aliphatic rings. The molecule has 0 bridgehead atoms. The summed E-state index contributed by atoms with van der Waals surface area (Å²) in [5.74, 6) is 0.864. The van der Waals surface area contributed by atoms with E-state index in [4.69, 9.17) is 9.72 Å². The van der Waals surface area contributed by atoms with E-state index in [1.54, 1.807) is 7.11 Å². The van der Waals surface area contributed by atoms with E-state index in [2.05, 4.69) is 49.4 Å². The van der Waals surface area contributed by atoms with Gasteiger partial charge in [0.2, 0.25) is 0 Å². The summed E-state index contributed by atoms with van der Waals surface area (Å²) in [5, 5.41) is 4.74. The lowest BCUT2D eigenvalue weighted by Crippen LogP contribution is -1.90. The van der Waals surface area contributed by atoms with Gasteiger partial charge in [0.25, 0.3) is 0 Å². The Hall–Kier alpha value is -2.61. The molecule has 0 radical (unpaired) electrons. The lowest BCUT2D eigenvalue weighted by atomic mass is 10.00. The van der Waals surface area contributed by atoms with Crippen LogP contribution < -0.4 is 4.74 Å². The highest BCUT2D eigenvalue weighted by Crippen LogP contribution is 2.32. The van der Waals surface area contributed by atoms with Crippen LogP contribution >= 0.6 is 0 Å². The molecule has 3 aromatic carbocycles. The maximum Gasteiger partial charge on any atom is 0.119 e. The lowest BCUT2D eigenvalue weighted by molar-refractivity contribution is 0.415. The van der Waals surface area contributed by atoms with Gasteiger partial charge in [-0.1, -0.05) is 36.4 Å². The van der Waals surface area contributed by atoms with Crippen LogP contribution in [0.1, 0.15) is 5.56 Å². The third kappa shape index (κ3) is 1.76. The minimum atomic E-state index is 0.864. The molecule has 2 heteroatoms. The molecule has 0 atom stereocenters. The number of hydrogen-bond donors (Lipinski definition) is 0. The number of benzene rings is 3. The Balaban J connectivity index is 2.24. The smallest absolute Gasteiger partial charge is 0.119 e. The van der Waals surface area contributed by atoms with E-state index in [0.717, 1.165) is 22.2 Å². The maximum absolute atomic E-state index is 5.36. The highest BCUT2D eigenvalue weighted by molar-refractivity contribution is 6.10. The zero-order chi connectivity index (χ0) is 14.4. The van der Waals surface area contributed by atoms with Gasteiger partial charge in [-0.25, -0.2) is 4.98 Å². The molecule has 0 aliphatic carbocycles. The minimum Gasteiger partial charge on any atom is -0.497 e. The van der Waals surface area contributed by atoms with E-state index in [9.17, 15) is 0 Å². The molecular weight excluding hydrogens is 258 g/mol. The molecule has 0 N–H and O–H groups in total. The summed E-state index contributed by atoms with van der Waals surface area (Å²) in [6.45, 7) is 2.17. The standard InChI is InChI=1S/C19H15NO/c1-12-15-5-3-4-6-18(15)20-19-16(12)10-8-13-7-9-14(21-2)11-17(13)19/h3-11H,1-2H3. The third-order valence-corrected chi connectivity index (χ3v) is 4.14. The summed E-state index contributed by atoms with van der Waals surface area (Å²) in [6.07, 6.45) is 0. The number of rotatable bonds is 1. The number of hydrogen-bond acceptors (Lipinski definition) is 2. The van der Waals surface area contributed by atoms with Crippen molar-refractivity contribution in [1.82, 2.24) is 4.98 Å². The van der Waals surface area contributed by atoms with Crippen molar-refractivity contribution in [1.29, 1.82) is 0 Å². The lowest BCUT2D eigenvalue weighted by Gasteiger charge is -2.10. The molecule has 102 valence electrons. The van der Waals surface area contributed by atoms with Crippen LogP contribution in [-0.4, -0.2) is 12.1 Å². The van der Waals surface area contributed by atoms with E-state index < -0.39 is 0 Å². The fraction of sp³-hybridized carbons (Fsp3) is 0.105. The fourth-order valence-electron chi connectivity index (χ4n) is 2.99. The predicted octanol–water partition coefficient (Wildman–Crippen LogP) is 4.86. The fourth-order valence-corrected chi connectivity index (χ4v) is 2.99. The van der Waals surface area contributed by atoms with E-state index in [0.29, 0.717) is 0 Å². The highest BCUT2D eigenvalue weighted by atomic mass is 16.5. The first-order chi connectivity index (χ1) is 10.3. The van der Waals surface area contributed by atoms with E-state index in [-0.39, 0.29) is 0 Å². The van der Waals surface area contributed by atoms with Crippen molar-refractivity contribution >= 4 is 32.6 Å². The van der Waals surface area contributed by atoms with Gasteiger partial charge in [0.1, 0.15) is 5.75 Å². The van der Waals surface area contributed by atoms with Gasteiger partial charge in [-0.05, 0) is 36.1 Å². The molecule has 0 saturated heterocycles. The molecule has 2 nitrogen and oxygen atoms in total. The van der Waals surface area contributed by atoms with Gasteiger partial charge in [-0.15, -0.1) is 0 Å². The number of methoxy groups -OCH3 is 1. The first-order valence-corrected chi connectivity index (χ1v) is 7.04. The molecule has 21 heavy (non-hydrogen) atoms. The van der Waals surface area contributed by atoms with Crippen LogP contribution in [0.3, 0.4) is 0 Å². The summed E-state index contributed by atoms with van der Waals surface area (Å²) in [5.41, 5.74) is 3.36. The largest absolute Gasteiger partial charge is 0.497 e. The van der Waals surface area contributed by atoms with Crippen molar-refractivity contribution in [3.8, 4) is 5.75 Å². The van der Waals surface area contributed by atoms with Crippen molar-refractivity contribution in [2.45, 2.75) is 6.92 Å². The Morgan fingerprint density at radius 1 is 0.857 bits per heavy atom. The Morgan fingerprint density at radius 2 is 1.67 bits per heavy atom. The average molecular weight is 273 g/mol. The molecule has 4 rings (SSSR count). The van der Waals surface area contributed by atoms with Crippen LogP contribution in [0.2, 0.25) is 0 Å². The number of nitrogens with zero attached hydrogens (tertiary/aromatic N) is 1. The van der Waals surface area contributed by atoms with Crippen LogP contribution in [0.4, 0.5) is 0 Å². The number of pyridine rings is 1. The molecular formula is C19H15NO. The normalized spacial score (nSPS) is 11.3. The summed E-state index contributed by atoms with van der Waals surface area (Å²) in [4.78, 5) is 4.89. The van der Waals surface area contributed by atoms with Crippen molar-refractivity contribution < 1.29 is 4.74 Å². The number of fused-ring (bicyclic) bond motifs is 4. The quantitative estimate of drug-likeness (QED) is 0.365. The van der Waals surface area contributed by atoms with Gasteiger partial charge in [0.05, 0.1) is 18.1 Å². The van der Waals surface area contributed by atoms with Gasteiger partial charge in [0, 0.05) is 16.2 Å². The molecule has 0 fully saturated rings. The molecule has 1 heterocycles. The van der Waals surface area contributed by atoms with Gasteiger partial charge < -0.3 is 4.74 Å². The van der Waals surface area contributed by atoms with Gasteiger partial charge in [-0.2, -0.15) is 0 Å². The minimum absolute atomic E-state index is 0.864. The second-order valence-electron chi connectivity index (χ2n) is 5.30. The van der Waals surface area contributed by atoms with Crippen LogP contribution in [0.25, 0.3) is 32.6 Å². The average Bonchev–Trinajstić information content (AvgIpc) is 2.54. The Kier molecular flexibility index (Phi) is 2.58. The Bertz CT molecular complexity index is 989. The van der Waals surface area contributed by atoms with Crippen LogP contribution in [0.15, 0.2) is 54.6 Å². The van der Waals surface area contributed by atoms with Crippen LogP contribution in [-0.2, 0) is 0 Å². The molecule has 1 aromatic heterocycles. The Labute approximate surface area is 123 Å². The van der Waals surface area contributed by atoms with Crippen molar-refractivity contribution in [3.05, 3.63) is 60.2 Å². The topological polar surface area (TPSA) is 22.1 Å². The number of aromatic nitrogens is 1. The molecule has 0 amide bonds. The van der Waals surface area contributed by atoms with E-state index in [1.807, 2.05) is 12.1 Å². The maximum atomic E-state index is 5.36. The van der Waals surface area contributed by atoms with Crippen LogP contribution in [0, 0.1) is 6.92 Å². The van der Waals surface area contributed by atoms with Crippen molar-refractivity contribution in [2.24, 2.45) is 0 Å². The molecule has 4 aromatic rings. The zero-order valence-corrected chi connectivity index (χ0v) is 12.1. The van der Waals surface area contributed by atoms with Crippen LogP contribution in [0.5, 0.6) is 5.75 Å². The van der Waals surface area contributed by atoms with Gasteiger partial charge >= 0.3 is 0 Å². The first-order valence-electron chi connectivity index (χ1n) is 7.04. The molecule has 0 spiro atoms. The number of para-hydroxylation sites is 1. The number of aryl methyl sites for hydroxylation is 1. The van der Waals surface area contributed by atoms with Gasteiger partial charge in [-0.3, -0.25) is 0 Å². The summed E-state index contributed by atoms with van der Waals surface area (Å²) in [6, 6.07) is 18.8. The van der Waals surface area contributed by atoms with E-state index in [1.165, 1.54) is 21.7 Å². The second-order valence-corrected chi connectivity index (χ2v) is 5.30. The van der Waals surface area contributed by atoms with Gasteiger partial charge in [0.15, 0.2) is 0 Å². The SMILES string of the molecule is COc1ccc2ccc3c(C)c4ccccc4nc3c2c1. The van der Waals surface area contributed by atoms with E-state index >= 15 is 0 Å².